The summed E-state index contributed by atoms with van der Waals surface area (Å²) in [7, 11) is 1.93. The Bertz CT molecular complexity index is 882. The summed E-state index contributed by atoms with van der Waals surface area (Å²) in [6.07, 6.45) is 1.32. The second kappa shape index (κ2) is 10.8. The third kappa shape index (κ3) is 6.46. The number of hydrogen-bond donors (Lipinski definition) is 2. The van der Waals surface area contributed by atoms with Gasteiger partial charge in [0.1, 0.15) is 11.9 Å². The van der Waals surface area contributed by atoms with Crippen molar-refractivity contribution in [2.45, 2.75) is 50.9 Å². The molecule has 1 fully saturated rings. The van der Waals surface area contributed by atoms with Gasteiger partial charge in [0.05, 0.1) is 23.3 Å². The van der Waals surface area contributed by atoms with Crippen LogP contribution in [0.15, 0.2) is 48.5 Å². The SMILES string of the molecule is CC(C)Oc1ccc(N(C)CC(O)C2(O)CCN(CCc3ccc(C#N)cc3)CC2)cc1. The summed E-state index contributed by atoms with van der Waals surface area (Å²) in [6.45, 7) is 6.78. The number of rotatable bonds is 9. The molecule has 1 heterocycles. The van der Waals surface area contributed by atoms with Crippen molar-refractivity contribution in [3.63, 3.8) is 0 Å². The second-order valence-corrected chi connectivity index (χ2v) is 9.06. The van der Waals surface area contributed by atoms with Gasteiger partial charge in [0.25, 0.3) is 0 Å². The van der Waals surface area contributed by atoms with Crippen molar-refractivity contribution in [2.24, 2.45) is 0 Å². The summed E-state index contributed by atoms with van der Waals surface area (Å²) >= 11 is 0. The van der Waals surface area contributed by atoms with E-state index in [9.17, 15) is 10.2 Å². The Morgan fingerprint density at radius 3 is 2.28 bits per heavy atom. The Morgan fingerprint density at radius 1 is 1.09 bits per heavy atom. The lowest BCUT2D eigenvalue weighted by molar-refractivity contribution is -0.104. The number of hydrogen-bond acceptors (Lipinski definition) is 6. The molecule has 6 nitrogen and oxygen atoms in total. The Morgan fingerprint density at radius 2 is 1.72 bits per heavy atom. The maximum atomic E-state index is 11.1. The van der Waals surface area contributed by atoms with E-state index in [1.807, 2.05) is 74.3 Å². The molecule has 172 valence electrons. The molecule has 1 unspecified atom stereocenters. The summed E-state index contributed by atoms with van der Waals surface area (Å²) < 4.78 is 5.68. The molecule has 0 amide bonds. The van der Waals surface area contributed by atoms with Crippen LogP contribution in [0.5, 0.6) is 5.75 Å². The summed E-state index contributed by atoms with van der Waals surface area (Å²) in [4.78, 5) is 4.30. The van der Waals surface area contributed by atoms with E-state index in [0.29, 0.717) is 24.9 Å². The van der Waals surface area contributed by atoms with Crippen molar-refractivity contribution in [2.75, 3.05) is 38.1 Å². The Hall–Kier alpha value is -2.59. The van der Waals surface area contributed by atoms with Crippen molar-refractivity contribution >= 4 is 5.69 Å². The van der Waals surface area contributed by atoms with E-state index >= 15 is 0 Å². The predicted octanol–water partition coefficient (Wildman–Crippen LogP) is 3.21. The zero-order chi connectivity index (χ0) is 23.1. The maximum absolute atomic E-state index is 11.1. The van der Waals surface area contributed by atoms with Gasteiger partial charge < -0.3 is 24.7 Å². The summed E-state index contributed by atoms with van der Waals surface area (Å²) in [5.41, 5.74) is 1.79. The molecule has 6 heteroatoms. The number of likely N-dealkylation sites (tertiary alicyclic amines) is 1. The van der Waals surface area contributed by atoms with E-state index in [1.54, 1.807) is 0 Å². The quantitative estimate of drug-likeness (QED) is 0.627. The average Bonchev–Trinajstić information content (AvgIpc) is 2.79. The molecule has 32 heavy (non-hydrogen) atoms. The van der Waals surface area contributed by atoms with Crippen LogP contribution < -0.4 is 9.64 Å². The van der Waals surface area contributed by atoms with Crippen molar-refractivity contribution in [3.05, 3.63) is 59.7 Å². The third-order valence-electron chi connectivity index (χ3n) is 6.24. The number of nitriles is 1. The van der Waals surface area contributed by atoms with Gasteiger partial charge >= 0.3 is 0 Å². The normalized spacial score (nSPS) is 17.0. The van der Waals surface area contributed by atoms with Gasteiger partial charge in [0, 0.05) is 38.9 Å². The minimum absolute atomic E-state index is 0.129. The minimum atomic E-state index is -1.07. The number of ether oxygens (including phenoxy) is 1. The van der Waals surface area contributed by atoms with Crippen molar-refractivity contribution < 1.29 is 14.9 Å². The number of benzene rings is 2. The van der Waals surface area contributed by atoms with Gasteiger partial charge in [-0.2, -0.15) is 5.26 Å². The van der Waals surface area contributed by atoms with E-state index in [-0.39, 0.29) is 6.10 Å². The van der Waals surface area contributed by atoms with Crippen LogP contribution in [0.3, 0.4) is 0 Å². The van der Waals surface area contributed by atoms with Crippen LogP contribution in [0, 0.1) is 11.3 Å². The summed E-state index contributed by atoms with van der Waals surface area (Å²) in [5, 5.41) is 30.8. The number of piperidine rings is 1. The first-order chi connectivity index (χ1) is 15.3. The first-order valence-corrected chi connectivity index (χ1v) is 11.4. The van der Waals surface area contributed by atoms with Gasteiger partial charge in [0.15, 0.2) is 0 Å². The molecule has 1 aliphatic heterocycles. The van der Waals surface area contributed by atoms with Gasteiger partial charge in [-0.05, 0) is 75.1 Å². The molecular formula is C26H35N3O3. The Labute approximate surface area is 191 Å². The molecule has 2 aromatic rings. The molecule has 3 rings (SSSR count). The highest BCUT2D eigenvalue weighted by molar-refractivity contribution is 5.48. The number of aliphatic hydroxyl groups excluding tert-OH is 1. The number of aliphatic hydroxyl groups is 2. The highest BCUT2D eigenvalue weighted by Gasteiger charge is 2.39. The van der Waals surface area contributed by atoms with E-state index in [0.717, 1.165) is 37.5 Å². The van der Waals surface area contributed by atoms with Crippen molar-refractivity contribution in [3.8, 4) is 11.8 Å². The highest BCUT2D eigenvalue weighted by atomic mass is 16.5. The van der Waals surface area contributed by atoms with Crippen LogP contribution >= 0.6 is 0 Å². The summed E-state index contributed by atoms with van der Waals surface area (Å²) in [5.74, 6) is 0.824. The molecular weight excluding hydrogens is 402 g/mol. The molecule has 1 saturated heterocycles. The molecule has 0 bridgehead atoms. The van der Waals surface area contributed by atoms with Crippen LogP contribution in [-0.2, 0) is 6.42 Å². The largest absolute Gasteiger partial charge is 0.491 e. The van der Waals surface area contributed by atoms with Gasteiger partial charge in [-0.25, -0.2) is 0 Å². The first-order valence-electron chi connectivity index (χ1n) is 11.4. The standard InChI is InChI=1S/C26H35N3O3/c1-20(2)32-24-10-8-23(9-11-24)28(3)19-25(30)26(31)13-16-29(17-14-26)15-12-21-4-6-22(18-27)7-5-21/h4-11,20,25,30-31H,12-17,19H2,1-3H3. The average molecular weight is 438 g/mol. The predicted molar refractivity (Wildman–Crippen MR) is 127 cm³/mol. The fraction of sp³-hybridized carbons (Fsp3) is 0.500. The number of anilines is 1. The monoisotopic (exact) mass is 437 g/mol. The minimum Gasteiger partial charge on any atom is -0.491 e. The van der Waals surface area contributed by atoms with Crippen LogP contribution in [0.25, 0.3) is 0 Å². The van der Waals surface area contributed by atoms with E-state index < -0.39 is 11.7 Å². The van der Waals surface area contributed by atoms with Crippen LogP contribution in [0.4, 0.5) is 5.69 Å². The van der Waals surface area contributed by atoms with Crippen molar-refractivity contribution in [1.82, 2.24) is 4.90 Å². The molecule has 0 radical (unpaired) electrons. The summed E-state index contributed by atoms with van der Waals surface area (Å²) in [6, 6.07) is 17.6. The van der Waals surface area contributed by atoms with Gasteiger partial charge in [-0.1, -0.05) is 12.1 Å². The van der Waals surface area contributed by atoms with Gasteiger partial charge in [0.2, 0.25) is 0 Å². The zero-order valence-electron chi connectivity index (χ0n) is 19.4. The van der Waals surface area contributed by atoms with Crippen LogP contribution in [-0.4, -0.2) is 66.1 Å². The van der Waals surface area contributed by atoms with Gasteiger partial charge in [-0.15, -0.1) is 0 Å². The van der Waals surface area contributed by atoms with E-state index in [1.165, 1.54) is 5.56 Å². The lowest BCUT2D eigenvalue weighted by atomic mass is 9.85. The van der Waals surface area contributed by atoms with Gasteiger partial charge in [-0.3, -0.25) is 0 Å². The fourth-order valence-corrected chi connectivity index (χ4v) is 4.12. The zero-order valence-corrected chi connectivity index (χ0v) is 19.4. The smallest absolute Gasteiger partial charge is 0.119 e. The molecule has 0 spiro atoms. The molecule has 1 atom stereocenters. The molecule has 1 aliphatic rings. The topological polar surface area (TPSA) is 80.0 Å². The lowest BCUT2D eigenvalue weighted by Crippen LogP contribution is -2.54. The van der Waals surface area contributed by atoms with E-state index in [2.05, 4.69) is 11.0 Å². The lowest BCUT2D eigenvalue weighted by Gasteiger charge is -2.42. The second-order valence-electron chi connectivity index (χ2n) is 9.06. The molecule has 2 aromatic carbocycles. The first kappa shape index (κ1) is 24.1. The third-order valence-corrected chi connectivity index (χ3v) is 6.24. The Balaban J connectivity index is 1.46. The highest BCUT2D eigenvalue weighted by Crippen LogP contribution is 2.28. The molecule has 0 saturated carbocycles. The van der Waals surface area contributed by atoms with Crippen molar-refractivity contribution in [1.29, 1.82) is 5.26 Å². The number of likely N-dealkylation sites (N-methyl/N-ethyl adjacent to an activating group) is 1. The maximum Gasteiger partial charge on any atom is 0.119 e. The molecule has 0 aromatic heterocycles. The van der Waals surface area contributed by atoms with Crippen LogP contribution in [0.1, 0.15) is 37.8 Å². The fourth-order valence-electron chi connectivity index (χ4n) is 4.12. The van der Waals surface area contributed by atoms with E-state index in [4.69, 9.17) is 10.00 Å². The molecule has 0 aliphatic carbocycles. The Kier molecular flexibility index (Phi) is 8.14. The molecule has 2 N–H and O–H groups in total. The number of nitrogens with zero attached hydrogens (tertiary/aromatic N) is 3. The van der Waals surface area contributed by atoms with Crippen LogP contribution in [0.2, 0.25) is 0 Å².